The number of halogens is 8. The first-order valence-corrected chi connectivity index (χ1v) is 12.5. The average Bonchev–Trinajstić information content (AvgIpc) is 2.90. The van der Waals surface area contributed by atoms with E-state index in [1.54, 1.807) is 23.1 Å². The van der Waals surface area contributed by atoms with Crippen LogP contribution in [0, 0.1) is 29.1 Å². The van der Waals surface area contributed by atoms with Gasteiger partial charge in [0.2, 0.25) is 11.7 Å². The lowest BCUT2D eigenvalue weighted by Crippen LogP contribution is -2.47. The second-order valence-corrected chi connectivity index (χ2v) is 9.64. The Bertz CT molecular complexity index is 1430. The Morgan fingerprint density at radius 3 is 2.03 bits per heavy atom. The monoisotopic (exact) mass is 605 g/mol. The summed E-state index contributed by atoms with van der Waals surface area (Å²) in [6.07, 6.45) is 2.76. The number of benzene rings is 3. The van der Waals surface area contributed by atoms with Gasteiger partial charge in [-0.15, -0.1) is 0 Å². The molecule has 0 radical (unpaired) electrons. The van der Waals surface area contributed by atoms with E-state index in [1.165, 1.54) is 31.4 Å². The van der Waals surface area contributed by atoms with Crippen LogP contribution in [0.25, 0.3) is 6.08 Å². The molecule has 206 valence electrons. The number of methoxy groups -OCH3 is 1. The SMILES string of the molecule is COc1c(Cl)cc(Cl)cc1C=CC(=O)Nc1ccc(N2CCN(c3c(F)c(F)c(F)c(F)c3F)CC2)c(Cl)c1. The fourth-order valence-corrected chi connectivity index (χ4v) is 5.04. The van der Waals surface area contributed by atoms with Crippen LogP contribution in [0.15, 0.2) is 36.4 Å². The van der Waals surface area contributed by atoms with Gasteiger partial charge in [0.05, 0.1) is 22.8 Å². The number of rotatable bonds is 6. The molecule has 0 aliphatic carbocycles. The molecule has 1 aliphatic rings. The first-order valence-electron chi connectivity index (χ1n) is 11.3. The Labute approximate surface area is 235 Å². The van der Waals surface area contributed by atoms with E-state index in [0.29, 0.717) is 32.7 Å². The van der Waals surface area contributed by atoms with Crippen LogP contribution in [-0.2, 0) is 4.79 Å². The number of nitrogens with one attached hydrogen (secondary N) is 1. The van der Waals surface area contributed by atoms with Crippen molar-refractivity contribution < 1.29 is 31.5 Å². The second kappa shape index (κ2) is 11.9. The molecule has 3 aromatic carbocycles. The third-order valence-electron chi connectivity index (χ3n) is 5.99. The largest absolute Gasteiger partial charge is 0.495 e. The Balaban J connectivity index is 1.42. The van der Waals surface area contributed by atoms with Crippen LogP contribution in [0.4, 0.5) is 39.0 Å². The number of anilines is 3. The van der Waals surface area contributed by atoms with Gasteiger partial charge in [-0.1, -0.05) is 34.8 Å². The first-order chi connectivity index (χ1) is 18.5. The summed E-state index contributed by atoms with van der Waals surface area (Å²) in [6.45, 7) is 0.346. The van der Waals surface area contributed by atoms with E-state index >= 15 is 0 Å². The van der Waals surface area contributed by atoms with Gasteiger partial charge in [0.25, 0.3) is 0 Å². The number of amides is 1. The van der Waals surface area contributed by atoms with Crippen LogP contribution in [0.1, 0.15) is 5.56 Å². The van der Waals surface area contributed by atoms with Gasteiger partial charge >= 0.3 is 0 Å². The Morgan fingerprint density at radius 1 is 0.846 bits per heavy atom. The molecule has 1 N–H and O–H groups in total. The molecule has 0 unspecified atom stereocenters. The lowest BCUT2D eigenvalue weighted by Gasteiger charge is -2.38. The van der Waals surface area contributed by atoms with E-state index in [0.717, 1.165) is 4.90 Å². The highest BCUT2D eigenvalue weighted by Gasteiger charge is 2.31. The minimum atomic E-state index is -2.20. The third kappa shape index (κ3) is 6.03. The molecular weight excluding hydrogens is 588 g/mol. The van der Waals surface area contributed by atoms with Gasteiger partial charge in [0.1, 0.15) is 11.4 Å². The van der Waals surface area contributed by atoms with Gasteiger partial charge in [0.15, 0.2) is 23.3 Å². The molecule has 1 fully saturated rings. The lowest BCUT2D eigenvalue weighted by atomic mass is 10.1. The molecule has 0 atom stereocenters. The first kappa shape index (κ1) is 28.8. The van der Waals surface area contributed by atoms with Gasteiger partial charge in [-0.25, -0.2) is 22.0 Å². The molecule has 1 saturated heterocycles. The highest BCUT2D eigenvalue weighted by atomic mass is 35.5. The molecule has 1 aliphatic heterocycles. The summed E-state index contributed by atoms with van der Waals surface area (Å²) in [6, 6.07) is 7.89. The van der Waals surface area contributed by atoms with Crippen LogP contribution in [-0.4, -0.2) is 39.2 Å². The van der Waals surface area contributed by atoms with E-state index < -0.39 is 40.7 Å². The summed E-state index contributed by atoms with van der Waals surface area (Å²) in [5.41, 5.74) is 0.514. The van der Waals surface area contributed by atoms with E-state index in [-0.39, 0.29) is 31.2 Å². The van der Waals surface area contributed by atoms with Crippen molar-refractivity contribution in [1.29, 1.82) is 0 Å². The van der Waals surface area contributed by atoms with E-state index in [9.17, 15) is 26.7 Å². The minimum absolute atomic E-state index is 0.0189. The predicted molar refractivity (Wildman–Crippen MR) is 143 cm³/mol. The molecule has 39 heavy (non-hydrogen) atoms. The molecule has 0 saturated carbocycles. The van der Waals surface area contributed by atoms with E-state index in [4.69, 9.17) is 39.5 Å². The van der Waals surface area contributed by atoms with Crippen molar-refractivity contribution in [3.05, 3.63) is 86.1 Å². The molecule has 4 rings (SSSR count). The van der Waals surface area contributed by atoms with Crippen molar-refractivity contribution >= 4 is 63.8 Å². The van der Waals surface area contributed by atoms with Crippen LogP contribution in [0.3, 0.4) is 0 Å². The lowest BCUT2D eigenvalue weighted by molar-refractivity contribution is -0.111. The molecule has 1 amide bonds. The van der Waals surface area contributed by atoms with Crippen LogP contribution >= 0.6 is 34.8 Å². The highest BCUT2D eigenvalue weighted by Crippen LogP contribution is 2.35. The zero-order valence-corrected chi connectivity index (χ0v) is 22.4. The van der Waals surface area contributed by atoms with E-state index in [2.05, 4.69) is 5.32 Å². The Morgan fingerprint density at radius 2 is 1.44 bits per heavy atom. The minimum Gasteiger partial charge on any atom is -0.495 e. The normalized spacial score (nSPS) is 13.8. The molecule has 5 nitrogen and oxygen atoms in total. The topological polar surface area (TPSA) is 44.8 Å². The molecule has 3 aromatic rings. The number of carbonyl (C=O) groups is 1. The maximum absolute atomic E-state index is 14.2. The van der Waals surface area contributed by atoms with Gasteiger partial charge in [-0.3, -0.25) is 4.79 Å². The average molecular weight is 607 g/mol. The number of ether oxygens (including phenoxy) is 1. The summed E-state index contributed by atoms with van der Waals surface area (Å²) in [5.74, 6) is -10.0. The number of hydrogen-bond acceptors (Lipinski definition) is 4. The van der Waals surface area contributed by atoms with Crippen LogP contribution in [0.5, 0.6) is 5.75 Å². The summed E-state index contributed by atoms with van der Waals surface area (Å²) < 4.78 is 74.2. The van der Waals surface area contributed by atoms with Crippen molar-refractivity contribution in [1.82, 2.24) is 0 Å². The quantitative estimate of drug-likeness (QED) is 0.138. The summed E-state index contributed by atoms with van der Waals surface area (Å²) in [4.78, 5) is 15.3. The Hall–Kier alpha value is -3.21. The third-order valence-corrected chi connectivity index (χ3v) is 6.80. The highest BCUT2D eigenvalue weighted by molar-refractivity contribution is 6.36. The molecular formula is C26H19Cl3F5N3O2. The molecule has 0 spiro atoms. The fraction of sp³-hybridized carbons (Fsp3) is 0.192. The molecule has 1 heterocycles. The van der Waals surface area contributed by atoms with Crippen molar-refractivity contribution in [2.24, 2.45) is 0 Å². The number of nitrogens with zero attached hydrogens (tertiary/aromatic N) is 2. The predicted octanol–water partition coefficient (Wildman–Crippen LogP) is 7.33. The maximum atomic E-state index is 14.2. The maximum Gasteiger partial charge on any atom is 0.248 e. The van der Waals surface area contributed by atoms with Crippen molar-refractivity contribution in [3.8, 4) is 5.75 Å². The standard InChI is InChI=1S/C26H19Cl3F5N3O2/c1-39-26-13(10-14(27)11-17(26)29)2-5-19(38)35-15-3-4-18(16(28)12-15)36-6-8-37(9-7-36)25-23(33)21(31)20(30)22(32)24(25)34/h2-5,10-12H,6-9H2,1H3,(H,35,38). The van der Waals surface area contributed by atoms with Gasteiger partial charge in [-0.2, -0.15) is 0 Å². The summed E-state index contributed by atoms with van der Waals surface area (Å²) >= 11 is 18.5. The van der Waals surface area contributed by atoms with Crippen LogP contribution in [0.2, 0.25) is 15.1 Å². The molecule has 13 heteroatoms. The van der Waals surface area contributed by atoms with Gasteiger partial charge in [0, 0.05) is 48.5 Å². The number of carbonyl (C=O) groups excluding carboxylic acids is 1. The smallest absolute Gasteiger partial charge is 0.248 e. The van der Waals surface area contributed by atoms with Gasteiger partial charge in [-0.05, 0) is 36.4 Å². The van der Waals surface area contributed by atoms with Crippen molar-refractivity contribution in [2.75, 3.05) is 48.4 Å². The molecule has 0 aromatic heterocycles. The number of hydrogen-bond donors (Lipinski definition) is 1. The zero-order valence-electron chi connectivity index (χ0n) is 20.1. The van der Waals surface area contributed by atoms with Crippen molar-refractivity contribution in [3.63, 3.8) is 0 Å². The van der Waals surface area contributed by atoms with Gasteiger partial charge < -0.3 is 19.9 Å². The second-order valence-electron chi connectivity index (χ2n) is 8.39. The van der Waals surface area contributed by atoms with Crippen LogP contribution < -0.4 is 19.9 Å². The fourth-order valence-electron chi connectivity index (χ4n) is 4.15. The van der Waals surface area contributed by atoms with Crippen molar-refractivity contribution in [2.45, 2.75) is 0 Å². The summed E-state index contributed by atoms with van der Waals surface area (Å²) in [7, 11) is 1.44. The van der Waals surface area contributed by atoms with E-state index in [1.807, 2.05) is 0 Å². The number of piperazine rings is 1. The summed E-state index contributed by atoms with van der Waals surface area (Å²) in [5, 5.41) is 3.62. The molecule has 0 bridgehead atoms. The Kier molecular flexibility index (Phi) is 8.78. The zero-order chi connectivity index (χ0) is 28.4.